The maximum Gasteiger partial charge on any atom is 0.124 e. The van der Waals surface area contributed by atoms with E-state index in [1.54, 1.807) is 0 Å². The molecule has 0 bridgehead atoms. The molecule has 0 spiro atoms. The van der Waals surface area contributed by atoms with Gasteiger partial charge in [0, 0.05) is 11.6 Å². The third-order valence-corrected chi connectivity index (χ3v) is 3.61. The number of rotatable bonds is 8. The third-order valence-electron chi connectivity index (χ3n) is 3.61. The van der Waals surface area contributed by atoms with E-state index in [4.69, 9.17) is 4.74 Å². The van der Waals surface area contributed by atoms with Crippen molar-refractivity contribution in [3.05, 3.63) is 65.7 Å². The summed E-state index contributed by atoms with van der Waals surface area (Å²) in [5, 5.41) is 3.59. The van der Waals surface area contributed by atoms with Crippen molar-refractivity contribution in [2.45, 2.75) is 32.7 Å². The number of aryl methyl sites for hydroxylation is 1. The van der Waals surface area contributed by atoms with E-state index in [9.17, 15) is 0 Å². The topological polar surface area (TPSA) is 21.3 Å². The van der Waals surface area contributed by atoms with E-state index in [0.29, 0.717) is 12.6 Å². The van der Waals surface area contributed by atoms with E-state index < -0.39 is 0 Å². The number of benzene rings is 2. The zero-order valence-electron chi connectivity index (χ0n) is 13.0. The quantitative estimate of drug-likeness (QED) is 0.777. The van der Waals surface area contributed by atoms with Crippen molar-refractivity contribution in [3.8, 4) is 5.75 Å². The molecule has 0 aliphatic rings. The smallest absolute Gasteiger partial charge is 0.124 e. The molecule has 2 aromatic carbocycles. The fourth-order valence-corrected chi connectivity index (χ4v) is 2.62. The highest BCUT2D eigenvalue weighted by Crippen LogP contribution is 2.28. The van der Waals surface area contributed by atoms with Gasteiger partial charge in [-0.15, -0.1) is 0 Å². The van der Waals surface area contributed by atoms with Crippen LogP contribution in [-0.4, -0.2) is 13.2 Å². The highest BCUT2D eigenvalue weighted by atomic mass is 16.5. The molecular formula is C19H25NO. The van der Waals surface area contributed by atoms with E-state index in [1.807, 2.05) is 13.0 Å². The molecular weight excluding hydrogens is 258 g/mol. The van der Waals surface area contributed by atoms with Crippen LogP contribution in [0.2, 0.25) is 0 Å². The lowest BCUT2D eigenvalue weighted by Gasteiger charge is -2.21. The first-order chi connectivity index (χ1) is 10.3. The molecule has 0 aliphatic carbocycles. The monoisotopic (exact) mass is 283 g/mol. The van der Waals surface area contributed by atoms with Gasteiger partial charge in [0.15, 0.2) is 0 Å². The van der Waals surface area contributed by atoms with Gasteiger partial charge in [-0.1, -0.05) is 55.5 Å². The largest absolute Gasteiger partial charge is 0.494 e. The van der Waals surface area contributed by atoms with E-state index in [1.165, 1.54) is 11.1 Å². The van der Waals surface area contributed by atoms with Crippen LogP contribution in [0.5, 0.6) is 5.75 Å². The first-order valence-electron chi connectivity index (χ1n) is 7.84. The Hall–Kier alpha value is -1.80. The zero-order chi connectivity index (χ0) is 14.9. The summed E-state index contributed by atoms with van der Waals surface area (Å²) < 4.78 is 5.78. The normalized spacial score (nSPS) is 12.1. The van der Waals surface area contributed by atoms with Crippen LogP contribution in [0, 0.1) is 0 Å². The Morgan fingerprint density at radius 3 is 2.38 bits per heavy atom. The second kappa shape index (κ2) is 8.48. The summed E-state index contributed by atoms with van der Waals surface area (Å²) in [4.78, 5) is 0. The number of para-hydroxylation sites is 1. The van der Waals surface area contributed by atoms with Gasteiger partial charge in [-0.2, -0.15) is 0 Å². The second-order valence-corrected chi connectivity index (χ2v) is 5.11. The lowest BCUT2D eigenvalue weighted by molar-refractivity contribution is 0.330. The van der Waals surface area contributed by atoms with Crippen molar-refractivity contribution in [2.24, 2.45) is 0 Å². The highest BCUT2D eigenvalue weighted by Gasteiger charge is 2.14. The van der Waals surface area contributed by atoms with Crippen LogP contribution < -0.4 is 10.1 Å². The average Bonchev–Trinajstić information content (AvgIpc) is 2.53. The Kier molecular flexibility index (Phi) is 6.29. The van der Waals surface area contributed by atoms with E-state index >= 15 is 0 Å². The molecule has 0 fully saturated rings. The van der Waals surface area contributed by atoms with Crippen molar-refractivity contribution in [1.82, 2.24) is 5.32 Å². The minimum atomic E-state index is 0.331. The fraction of sp³-hybridized carbons (Fsp3) is 0.368. The Bertz CT molecular complexity index is 524. The van der Waals surface area contributed by atoms with Crippen LogP contribution in [0.3, 0.4) is 0 Å². The maximum atomic E-state index is 5.78. The lowest BCUT2D eigenvalue weighted by atomic mass is 9.98. The summed E-state index contributed by atoms with van der Waals surface area (Å²) >= 11 is 0. The molecule has 0 aromatic heterocycles. The molecule has 0 radical (unpaired) electrons. The molecule has 112 valence electrons. The van der Waals surface area contributed by atoms with Crippen LogP contribution in [0.15, 0.2) is 54.6 Å². The standard InChI is InChI=1S/C19H25NO/c1-3-20-18(15-14-16-10-6-5-7-11-16)17-12-8-9-13-19(17)21-4-2/h5-13,18,20H,3-4,14-15H2,1-2H3. The average molecular weight is 283 g/mol. The Morgan fingerprint density at radius 1 is 0.952 bits per heavy atom. The summed E-state index contributed by atoms with van der Waals surface area (Å²) in [6, 6.07) is 19.3. The zero-order valence-corrected chi connectivity index (χ0v) is 13.0. The third kappa shape index (κ3) is 4.61. The van der Waals surface area contributed by atoms with E-state index in [0.717, 1.165) is 25.1 Å². The van der Waals surface area contributed by atoms with Crippen molar-refractivity contribution in [1.29, 1.82) is 0 Å². The summed E-state index contributed by atoms with van der Waals surface area (Å²) in [5.74, 6) is 0.999. The number of nitrogens with one attached hydrogen (secondary N) is 1. The number of ether oxygens (including phenoxy) is 1. The molecule has 2 rings (SSSR count). The summed E-state index contributed by atoms with van der Waals surface area (Å²) in [6.07, 6.45) is 2.14. The van der Waals surface area contributed by atoms with Crippen LogP contribution in [0.4, 0.5) is 0 Å². The van der Waals surface area contributed by atoms with Gasteiger partial charge in [0.1, 0.15) is 5.75 Å². The lowest BCUT2D eigenvalue weighted by Crippen LogP contribution is -2.22. The number of hydrogen-bond acceptors (Lipinski definition) is 2. The molecule has 21 heavy (non-hydrogen) atoms. The predicted octanol–water partition coefficient (Wildman–Crippen LogP) is 4.37. The molecule has 0 saturated heterocycles. The van der Waals surface area contributed by atoms with Gasteiger partial charge < -0.3 is 10.1 Å². The predicted molar refractivity (Wildman–Crippen MR) is 88.8 cm³/mol. The molecule has 1 atom stereocenters. The number of hydrogen-bond donors (Lipinski definition) is 1. The van der Waals surface area contributed by atoms with Crippen molar-refractivity contribution in [3.63, 3.8) is 0 Å². The highest BCUT2D eigenvalue weighted by molar-refractivity contribution is 5.36. The van der Waals surface area contributed by atoms with E-state index in [2.05, 4.69) is 60.8 Å². The fourth-order valence-electron chi connectivity index (χ4n) is 2.62. The first kappa shape index (κ1) is 15.6. The van der Waals surface area contributed by atoms with Gasteiger partial charge in [0.2, 0.25) is 0 Å². The van der Waals surface area contributed by atoms with Crippen LogP contribution in [-0.2, 0) is 6.42 Å². The SMILES string of the molecule is CCNC(CCc1ccccc1)c1ccccc1OCC. The van der Waals surface area contributed by atoms with Crippen LogP contribution >= 0.6 is 0 Å². The Morgan fingerprint density at radius 2 is 1.67 bits per heavy atom. The van der Waals surface area contributed by atoms with Gasteiger partial charge in [0.25, 0.3) is 0 Å². The van der Waals surface area contributed by atoms with Gasteiger partial charge in [0.05, 0.1) is 6.61 Å². The molecule has 0 heterocycles. The van der Waals surface area contributed by atoms with Crippen LogP contribution in [0.25, 0.3) is 0 Å². The Labute approximate surface area is 128 Å². The maximum absolute atomic E-state index is 5.78. The van der Waals surface area contributed by atoms with Crippen LogP contribution in [0.1, 0.15) is 37.4 Å². The van der Waals surface area contributed by atoms with Gasteiger partial charge >= 0.3 is 0 Å². The van der Waals surface area contributed by atoms with Crippen molar-refractivity contribution >= 4 is 0 Å². The summed E-state index contributed by atoms with van der Waals surface area (Å²) in [7, 11) is 0. The first-order valence-corrected chi connectivity index (χ1v) is 7.84. The van der Waals surface area contributed by atoms with Crippen molar-refractivity contribution < 1.29 is 4.74 Å². The minimum Gasteiger partial charge on any atom is -0.494 e. The molecule has 1 N–H and O–H groups in total. The molecule has 2 nitrogen and oxygen atoms in total. The molecule has 0 aliphatic heterocycles. The van der Waals surface area contributed by atoms with Gasteiger partial charge in [-0.05, 0) is 37.9 Å². The summed E-state index contributed by atoms with van der Waals surface area (Å²) in [5.41, 5.74) is 2.64. The molecule has 0 saturated carbocycles. The van der Waals surface area contributed by atoms with E-state index in [-0.39, 0.29) is 0 Å². The van der Waals surface area contributed by atoms with Gasteiger partial charge in [-0.3, -0.25) is 0 Å². The molecule has 0 amide bonds. The summed E-state index contributed by atoms with van der Waals surface area (Å²) in [6.45, 7) is 5.84. The molecule has 2 heteroatoms. The molecule has 2 aromatic rings. The second-order valence-electron chi connectivity index (χ2n) is 5.11. The molecule has 1 unspecified atom stereocenters. The van der Waals surface area contributed by atoms with Gasteiger partial charge in [-0.25, -0.2) is 0 Å². The van der Waals surface area contributed by atoms with Crippen molar-refractivity contribution in [2.75, 3.05) is 13.2 Å². The Balaban J connectivity index is 2.11. The minimum absolute atomic E-state index is 0.331.